The predicted molar refractivity (Wildman–Crippen MR) is 379 cm³/mol. The van der Waals surface area contributed by atoms with Gasteiger partial charge in [0.15, 0.2) is 105 Å². The predicted octanol–water partition coefficient (Wildman–Crippen LogP) is -9.60. The number of carbonyl (C=O) groups is 6. The molecular weight excluding hydrogens is 1870 g/mol. The minimum Gasteiger partial charge on any atom is -0.726 e. The Kier molecular flexibility index (Phi) is 49.5. The third-order valence-corrected chi connectivity index (χ3v) is 23.8. The number of unbranched alkanes of at least 4 members (excludes halogenated alkanes) is 5. The maximum Gasteiger partial charge on any atom is 0.315 e. The van der Waals surface area contributed by atoms with Crippen LogP contribution in [0.3, 0.4) is 0 Å². The van der Waals surface area contributed by atoms with Crippen LogP contribution in [0.4, 0.5) is 4.79 Å². The van der Waals surface area contributed by atoms with Crippen LogP contribution in [0.5, 0.6) is 0 Å². The van der Waals surface area contributed by atoms with Gasteiger partial charge in [0.2, 0.25) is 38.5 Å². The zero-order chi connectivity index (χ0) is 90.5. The molecule has 7 aliphatic rings. The van der Waals surface area contributed by atoms with Crippen LogP contribution in [0.25, 0.3) is 0 Å². The minimum absolute atomic E-state index is 0.0618. The van der Waals surface area contributed by atoms with E-state index in [2.05, 4.69) is 81.8 Å². The van der Waals surface area contributed by atoms with Gasteiger partial charge < -0.3 is 158 Å². The van der Waals surface area contributed by atoms with E-state index in [1.54, 1.807) is 0 Å². The van der Waals surface area contributed by atoms with E-state index in [1.165, 1.54) is 0 Å². The molecule has 0 aromatic carbocycles. The number of thioether (sulfide) groups is 1. The number of carboxylic acids is 2. The largest absolute Gasteiger partial charge is 0.726 e. The van der Waals surface area contributed by atoms with Crippen molar-refractivity contribution in [2.45, 2.75) is 248 Å². The molecule has 0 radical (unpaired) electrons. The van der Waals surface area contributed by atoms with E-state index < -0.39 is 237 Å². The Balaban J connectivity index is 1.09. The molecule has 13 unspecified atom stereocenters. The lowest BCUT2D eigenvalue weighted by Crippen LogP contribution is -2.71. The monoisotopic (exact) mass is 1960 g/mol. The summed E-state index contributed by atoms with van der Waals surface area (Å²) in [7, 11) is -4.28. The molecule has 7 aliphatic heterocycles. The first-order valence-electron chi connectivity index (χ1n) is 36.7. The van der Waals surface area contributed by atoms with Crippen molar-refractivity contribution in [2.75, 3.05) is 88.4 Å². The Morgan fingerprint density at radius 1 is 0.427 bits per heavy atom. The van der Waals surface area contributed by atoms with Crippen LogP contribution in [0, 0.1) is 0 Å². The number of carbonyl (C=O) groups excluding carboxylic acids is 6. The van der Waals surface area contributed by atoms with Crippen LogP contribution in [0.15, 0.2) is 0 Å². The van der Waals surface area contributed by atoms with Crippen LogP contribution >= 0.6 is 73.4 Å². The molecule has 0 bridgehead atoms. The Morgan fingerprint density at radius 2 is 0.823 bits per heavy atom. The number of hydrogen-bond acceptors (Lipinski definition) is 58. The van der Waals surface area contributed by atoms with Crippen molar-refractivity contribution in [2.24, 2.45) is 0 Å². The van der Waals surface area contributed by atoms with Gasteiger partial charge >= 0.3 is 6.03 Å². The summed E-state index contributed by atoms with van der Waals surface area (Å²) in [4.78, 5) is 78.1. The number of methoxy groups -OCH3 is 7. The third-order valence-electron chi connectivity index (χ3n) is 19.4. The van der Waals surface area contributed by atoms with Crippen molar-refractivity contribution in [3.63, 3.8) is 0 Å². The second kappa shape index (κ2) is 56.8. The second-order valence-corrected chi connectivity index (χ2v) is 32.4. The lowest BCUT2D eigenvalue weighted by molar-refractivity contribution is -0.778. The fourth-order valence-electron chi connectivity index (χ4n) is 14.2. The van der Waals surface area contributed by atoms with Crippen molar-refractivity contribution in [1.82, 2.24) is 26.6 Å². The van der Waals surface area contributed by atoms with Crippen molar-refractivity contribution in [1.29, 1.82) is 0 Å². The summed E-state index contributed by atoms with van der Waals surface area (Å²) in [5.74, 6) is -4.57. The molecule has 720 valence electrons. The van der Waals surface area contributed by atoms with Gasteiger partial charge in [0.1, 0.15) is 110 Å². The zero-order valence-corrected chi connectivity index (χ0v) is 72.4. The van der Waals surface area contributed by atoms with Gasteiger partial charge in [-0.05, 0) is 38.5 Å². The lowest BCUT2D eigenvalue weighted by Gasteiger charge is -2.52. The van der Waals surface area contributed by atoms with Gasteiger partial charge in [-0.1, -0.05) is 19.3 Å². The fourth-order valence-corrected chi connectivity index (χ4v) is 18.0. The maximum atomic E-state index is 14.0. The van der Waals surface area contributed by atoms with E-state index in [1.807, 2.05) is 11.8 Å². The van der Waals surface area contributed by atoms with Crippen LogP contribution in [-0.4, -0.2) is 321 Å². The summed E-state index contributed by atoms with van der Waals surface area (Å²) in [6, 6.07) is -1.53. The highest BCUT2D eigenvalue weighted by atomic mass is 32.3. The molecule has 7 heterocycles. The quantitative estimate of drug-likeness (QED) is 0.00718. The molecule has 7 rings (SSSR count). The number of rotatable bonds is 62. The van der Waals surface area contributed by atoms with E-state index in [4.69, 9.17) is 96.7 Å². The van der Waals surface area contributed by atoms with Crippen LogP contribution in [-0.2, 0) is 197 Å². The Morgan fingerprint density at radius 3 is 1.27 bits per heavy atom. The van der Waals surface area contributed by atoms with Crippen LogP contribution in [0.1, 0.15) is 77.0 Å². The van der Waals surface area contributed by atoms with E-state index in [9.17, 15) is 91.2 Å². The van der Waals surface area contributed by atoms with Crippen molar-refractivity contribution in [3.05, 3.63) is 0 Å². The summed E-state index contributed by atoms with van der Waals surface area (Å²) in [5.41, 5.74) is 0. The van der Waals surface area contributed by atoms with Gasteiger partial charge in [-0.2, -0.15) is 11.8 Å². The number of carboxylic acid groups (broad SMARTS) is 2. The minimum atomic E-state index is -5.88. The van der Waals surface area contributed by atoms with Crippen LogP contribution in [0.2, 0.25) is 0 Å². The van der Waals surface area contributed by atoms with Crippen molar-refractivity contribution in [3.8, 4) is 0 Å². The van der Waals surface area contributed by atoms with E-state index in [0.29, 0.717) is 56.7 Å². The normalized spacial score (nSPS) is 33.4. The van der Waals surface area contributed by atoms with E-state index in [-0.39, 0.29) is 92.7 Å². The van der Waals surface area contributed by atoms with Gasteiger partial charge in [0.25, 0.3) is 0 Å². The van der Waals surface area contributed by atoms with Gasteiger partial charge in [-0.15, -0.1) is 21.7 Å². The highest BCUT2D eigenvalue weighted by molar-refractivity contribution is 8.00. The van der Waals surface area contributed by atoms with Crippen molar-refractivity contribution >= 4 is 130 Å². The number of hydrogen-bond donors (Lipinski definition) is 5. The molecule has 7 fully saturated rings. The number of fused-ring (bicyclic) bond motifs is 1. The standard InChI is InChI=1S/C59H99N5O52S8/c1-84-36-28(23-92-123(78,79)80)94-54(35(39(36)85-2)63-33(67)19-11-9-15-21-60-31(65)17-10-8-14-20-61-32(66)18-13-12-16-30-34-26(25-117-30)62-59(72)64-34)99-42-40(86-3)48(88-5)57(101-46(42)52(68)69)98-38-29(24-93-124(81,82)83)96-58(51(106-122-116-111-77)45(38)104-120-114-109-75)100-43-41(87-4)49(89-6)56(102-47(43)53(70)71)97-37-27(22-91-118-112-107-73)95-55(90-7)50(105-121-115-110-76)44(37)103-119-113-108-74/h26-30,34-51,54-58,73-77H,8-25H2,1-7H3,(H,60,65)(H,61,66)(H,63,67)(H,68,69)(H,70,71)(H2,62,64,72)(H,78,79,80)(H,81,82,83)/p-9/t26?,27?,28?,29-,30?,34?,35?,36-,37+,38+,39+,40-,41?,42-,43-,44-,45?,46?,47+,48?,49?,50?,51?,54-,55-,56-,57+,58+/m0/s1. The first-order valence-corrected chi connectivity index (χ1v) is 43.8. The van der Waals surface area contributed by atoms with Crippen molar-refractivity contribution < 1.29 is 243 Å². The number of urea groups is 1. The van der Waals surface area contributed by atoms with Gasteiger partial charge in [-0.3, -0.25) is 68.9 Å². The first-order chi connectivity index (χ1) is 59.6. The molecule has 0 aromatic rings. The fraction of sp³-hybridized carbons (Fsp3) is 0.898. The molecule has 124 heavy (non-hydrogen) atoms. The molecule has 0 saturated carbocycles. The maximum absolute atomic E-state index is 14.0. The smallest absolute Gasteiger partial charge is 0.315 e. The molecule has 7 saturated heterocycles. The molecular formula is C59H90N5O52S8-9. The lowest BCUT2D eigenvalue weighted by atomic mass is 9.94. The Labute approximate surface area is 732 Å². The van der Waals surface area contributed by atoms with E-state index >= 15 is 0 Å². The highest BCUT2D eigenvalue weighted by Gasteiger charge is 2.61. The molecule has 65 heteroatoms. The number of ether oxygens (including phenoxy) is 16. The molecule has 5 N–H and O–H groups in total. The number of nitrogens with one attached hydrogen (secondary N) is 5. The summed E-state index contributed by atoms with van der Waals surface area (Å²) in [6.07, 6.45) is -43.3. The molecule has 5 amide bonds. The third kappa shape index (κ3) is 33.3. The van der Waals surface area contributed by atoms with Gasteiger partial charge in [0, 0.05) is 93.1 Å². The highest BCUT2D eigenvalue weighted by Crippen LogP contribution is 2.43. The summed E-state index contributed by atoms with van der Waals surface area (Å²) < 4.78 is 226. The molecule has 0 spiro atoms. The summed E-state index contributed by atoms with van der Waals surface area (Å²) in [5, 5.41) is 114. The van der Waals surface area contributed by atoms with Gasteiger partial charge in [-0.25, -0.2) is 21.6 Å². The average molecular weight is 1960 g/mol. The molecule has 0 aromatic heterocycles. The Bertz CT molecular complexity index is 3380. The number of amides is 5. The zero-order valence-electron chi connectivity index (χ0n) is 65.9. The second-order valence-electron chi connectivity index (χ2n) is 26.7. The summed E-state index contributed by atoms with van der Waals surface area (Å²) >= 11 is 0.629. The number of aliphatic carboxylic acids is 2. The molecule has 28 atom stereocenters. The van der Waals surface area contributed by atoms with Crippen LogP contribution < -0.4 is 63.1 Å². The summed E-state index contributed by atoms with van der Waals surface area (Å²) in [6.45, 7) is -2.76. The SMILES string of the molecule is COC1C(OC)[C@H](O[C@H]2O[C@@H](COS(=O)(=O)[O-])[C@@H](O[C@@H]3OC(C(=O)[O-])[C@@H](O[C@@H]4OC(COS(=O)(=O)[O-])[C@H](OC)[C@H](OC)C4NC(=O)CCCCCNC(=O)CCCCCNC(=O)CCCCC4SCC5NC(=O)NC54)[C@H](OC)C3OC)C(OSOO[O-])C2OSOO[O-])[C@H](C(=O)[O-])O[C@@H]1O[C@@H]1C(COSOO[O-])O[C@H](OC)C(OSOO[O-])[C@H]1OSOO[O-]. The van der Waals surface area contributed by atoms with E-state index in [0.717, 1.165) is 68.4 Å². The molecule has 57 nitrogen and oxygen atoms in total. The topological polar surface area (TPSA) is 743 Å². The average Bonchev–Trinajstić information content (AvgIpc) is 0.904. The first kappa shape index (κ1) is 108. The van der Waals surface area contributed by atoms with Gasteiger partial charge in [0.05, 0.1) is 43.8 Å². The molecule has 0 aliphatic carbocycles. The Hall–Kier alpha value is -2.98.